The molecule has 0 bridgehead atoms. The van der Waals surface area contributed by atoms with Gasteiger partial charge in [0.1, 0.15) is 17.7 Å². The van der Waals surface area contributed by atoms with Gasteiger partial charge in [0.25, 0.3) is 5.91 Å². The van der Waals surface area contributed by atoms with E-state index in [4.69, 9.17) is 4.74 Å². The van der Waals surface area contributed by atoms with Gasteiger partial charge in [0.2, 0.25) is 0 Å². The molecule has 6 nitrogen and oxygen atoms in total. The standard InChI is InChI=1S/C24H27FN4O2/c1-15-13-17(6-8-20(15)25)24(30)28-18-7-9-23(31-16(2)21-5-4-11-26-21)19(14-18)22-10-12-27-29(22)3/h6-10,12-14,16,21,26H,4-5,11H2,1-3H3,(H,28,30). The van der Waals surface area contributed by atoms with Crippen molar-refractivity contribution in [2.24, 2.45) is 7.05 Å². The Morgan fingerprint density at radius 1 is 1.29 bits per heavy atom. The van der Waals surface area contributed by atoms with Gasteiger partial charge in [0, 0.05) is 36.1 Å². The van der Waals surface area contributed by atoms with Gasteiger partial charge in [0.15, 0.2) is 0 Å². The number of carbonyl (C=O) groups is 1. The number of halogens is 1. The average molecular weight is 423 g/mol. The molecule has 0 aliphatic carbocycles. The lowest BCUT2D eigenvalue weighted by Crippen LogP contribution is -2.36. The van der Waals surface area contributed by atoms with Crippen molar-refractivity contribution < 1.29 is 13.9 Å². The van der Waals surface area contributed by atoms with Gasteiger partial charge < -0.3 is 15.4 Å². The summed E-state index contributed by atoms with van der Waals surface area (Å²) < 4.78 is 21.6. The smallest absolute Gasteiger partial charge is 0.255 e. The SMILES string of the molecule is Cc1cc(C(=O)Nc2ccc(OC(C)C3CCCN3)c(-c3ccnn3C)c2)ccc1F. The van der Waals surface area contributed by atoms with E-state index < -0.39 is 0 Å². The fourth-order valence-corrected chi connectivity index (χ4v) is 3.93. The zero-order valence-electron chi connectivity index (χ0n) is 18.0. The number of benzene rings is 2. The Bertz CT molecular complexity index is 1090. The molecule has 162 valence electrons. The van der Waals surface area contributed by atoms with Crippen LogP contribution in [-0.4, -0.2) is 34.4 Å². The quantitative estimate of drug-likeness (QED) is 0.621. The van der Waals surface area contributed by atoms with Crippen LogP contribution in [0, 0.1) is 12.7 Å². The van der Waals surface area contributed by atoms with Crippen LogP contribution >= 0.6 is 0 Å². The van der Waals surface area contributed by atoms with Crippen LogP contribution in [-0.2, 0) is 7.05 Å². The van der Waals surface area contributed by atoms with Crippen LogP contribution in [0.5, 0.6) is 5.75 Å². The first-order valence-corrected chi connectivity index (χ1v) is 10.5. The first kappa shape index (κ1) is 21.1. The predicted octanol–water partition coefficient (Wildman–Crippen LogP) is 4.31. The molecule has 1 saturated heterocycles. The zero-order chi connectivity index (χ0) is 22.0. The summed E-state index contributed by atoms with van der Waals surface area (Å²) in [4.78, 5) is 12.7. The van der Waals surface area contributed by atoms with Gasteiger partial charge >= 0.3 is 0 Å². The fourth-order valence-electron chi connectivity index (χ4n) is 3.93. The third-order valence-electron chi connectivity index (χ3n) is 5.73. The highest BCUT2D eigenvalue weighted by atomic mass is 19.1. The van der Waals surface area contributed by atoms with Crippen molar-refractivity contribution in [3.63, 3.8) is 0 Å². The first-order valence-electron chi connectivity index (χ1n) is 10.5. The number of aryl methyl sites for hydroxylation is 2. The summed E-state index contributed by atoms with van der Waals surface area (Å²) in [6, 6.07) is 12.1. The molecule has 2 N–H and O–H groups in total. The molecule has 2 heterocycles. The van der Waals surface area contributed by atoms with Gasteiger partial charge in [-0.2, -0.15) is 5.10 Å². The second-order valence-electron chi connectivity index (χ2n) is 7.99. The molecule has 1 amide bonds. The maximum absolute atomic E-state index is 13.5. The van der Waals surface area contributed by atoms with E-state index in [1.807, 2.05) is 31.3 Å². The minimum absolute atomic E-state index is 0.0112. The van der Waals surface area contributed by atoms with E-state index in [1.54, 1.807) is 23.9 Å². The zero-order valence-corrected chi connectivity index (χ0v) is 18.0. The summed E-state index contributed by atoms with van der Waals surface area (Å²) in [6.45, 7) is 4.72. The summed E-state index contributed by atoms with van der Waals surface area (Å²) in [7, 11) is 1.87. The Kier molecular flexibility index (Phi) is 6.04. The number of hydrogen-bond acceptors (Lipinski definition) is 4. The fraction of sp³-hybridized carbons (Fsp3) is 0.333. The van der Waals surface area contributed by atoms with E-state index in [0.717, 1.165) is 36.4 Å². The maximum atomic E-state index is 13.5. The van der Waals surface area contributed by atoms with E-state index in [9.17, 15) is 9.18 Å². The number of anilines is 1. The van der Waals surface area contributed by atoms with Crippen LogP contribution in [0.15, 0.2) is 48.7 Å². The lowest BCUT2D eigenvalue weighted by molar-refractivity contribution is 0.102. The molecule has 1 aliphatic heterocycles. The molecule has 1 aliphatic rings. The minimum Gasteiger partial charge on any atom is -0.488 e. The molecule has 1 fully saturated rings. The number of rotatable bonds is 6. The van der Waals surface area contributed by atoms with Crippen LogP contribution in [0.4, 0.5) is 10.1 Å². The molecule has 2 unspecified atom stereocenters. The van der Waals surface area contributed by atoms with Crippen LogP contribution in [0.1, 0.15) is 35.7 Å². The van der Waals surface area contributed by atoms with Crippen LogP contribution in [0.25, 0.3) is 11.3 Å². The van der Waals surface area contributed by atoms with Crippen molar-refractivity contribution >= 4 is 11.6 Å². The summed E-state index contributed by atoms with van der Waals surface area (Å²) >= 11 is 0. The van der Waals surface area contributed by atoms with Crippen LogP contribution in [0.2, 0.25) is 0 Å². The molecular formula is C24H27FN4O2. The van der Waals surface area contributed by atoms with Gasteiger partial charge in [-0.1, -0.05) is 0 Å². The molecule has 1 aromatic heterocycles. The van der Waals surface area contributed by atoms with Crippen molar-refractivity contribution in [3.8, 4) is 17.0 Å². The second kappa shape index (κ2) is 8.89. The van der Waals surface area contributed by atoms with Crippen LogP contribution in [0.3, 0.4) is 0 Å². The molecule has 31 heavy (non-hydrogen) atoms. The minimum atomic E-state index is -0.331. The lowest BCUT2D eigenvalue weighted by Gasteiger charge is -2.23. The van der Waals surface area contributed by atoms with Crippen molar-refractivity contribution in [1.29, 1.82) is 0 Å². The topological polar surface area (TPSA) is 68.2 Å². The third-order valence-corrected chi connectivity index (χ3v) is 5.73. The monoisotopic (exact) mass is 422 g/mol. The number of nitrogens with one attached hydrogen (secondary N) is 2. The second-order valence-corrected chi connectivity index (χ2v) is 7.99. The number of nitrogens with zero attached hydrogens (tertiary/aromatic N) is 2. The summed E-state index contributed by atoms with van der Waals surface area (Å²) in [5, 5.41) is 10.7. The normalized spacial score (nSPS) is 16.8. The molecule has 0 saturated carbocycles. The number of amides is 1. The summed E-state index contributed by atoms with van der Waals surface area (Å²) in [5.74, 6) is 0.110. The highest BCUT2D eigenvalue weighted by Gasteiger charge is 2.24. The van der Waals surface area contributed by atoms with E-state index in [1.165, 1.54) is 12.1 Å². The number of aromatic nitrogens is 2. The van der Waals surface area contributed by atoms with Crippen molar-refractivity contribution in [2.45, 2.75) is 38.8 Å². The molecule has 0 radical (unpaired) electrons. The average Bonchev–Trinajstić information content (AvgIpc) is 3.43. The van der Waals surface area contributed by atoms with Crippen molar-refractivity contribution in [3.05, 3.63) is 65.6 Å². The Hall–Kier alpha value is -3.19. The largest absolute Gasteiger partial charge is 0.488 e. The van der Waals surface area contributed by atoms with Crippen molar-refractivity contribution in [1.82, 2.24) is 15.1 Å². The number of ether oxygens (including phenoxy) is 1. The predicted molar refractivity (Wildman–Crippen MR) is 119 cm³/mol. The molecule has 0 spiro atoms. The van der Waals surface area contributed by atoms with Gasteiger partial charge in [-0.05, 0) is 81.3 Å². The van der Waals surface area contributed by atoms with Gasteiger partial charge in [0.05, 0.1) is 5.69 Å². The van der Waals surface area contributed by atoms with Crippen LogP contribution < -0.4 is 15.4 Å². The summed E-state index contributed by atoms with van der Waals surface area (Å²) in [5.41, 5.74) is 3.19. The molecule has 7 heteroatoms. The molecule has 2 aromatic carbocycles. The first-order chi connectivity index (χ1) is 14.9. The van der Waals surface area contributed by atoms with E-state index in [2.05, 4.69) is 22.7 Å². The van der Waals surface area contributed by atoms with E-state index in [0.29, 0.717) is 22.9 Å². The Morgan fingerprint density at radius 2 is 2.13 bits per heavy atom. The number of carbonyl (C=O) groups excluding carboxylic acids is 1. The maximum Gasteiger partial charge on any atom is 0.255 e. The molecule has 4 rings (SSSR count). The lowest BCUT2D eigenvalue weighted by atomic mass is 10.1. The molecular weight excluding hydrogens is 395 g/mol. The van der Waals surface area contributed by atoms with E-state index >= 15 is 0 Å². The van der Waals surface area contributed by atoms with E-state index in [-0.39, 0.29) is 17.8 Å². The van der Waals surface area contributed by atoms with Crippen molar-refractivity contribution in [2.75, 3.05) is 11.9 Å². The Morgan fingerprint density at radius 3 is 2.81 bits per heavy atom. The van der Waals surface area contributed by atoms with Gasteiger partial charge in [-0.25, -0.2) is 4.39 Å². The van der Waals surface area contributed by atoms with Gasteiger partial charge in [-0.3, -0.25) is 9.48 Å². The molecule has 3 aromatic rings. The Balaban J connectivity index is 1.61. The highest BCUT2D eigenvalue weighted by molar-refractivity contribution is 6.04. The summed E-state index contributed by atoms with van der Waals surface area (Å²) in [6.07, 6.45) is 3.99. The third kappa shape index (κ3) is 4.61. The highest BCUT2D eigenvalue weighted by Crippen LogP contribution is 2.34. The van der Waals surface area contributed by atoms with Gasteiger partial charge in [-0.15, -0.1) is 0 Å². The number of hydrogen-bond donors (Lipinski definition) is 2. The Labute approximate surface area is 181 Å². The molecule has 2 atom stereocenters.